The van der Waals surface area contributed by atoms with Gasteiger partial charge in [0.25, 0.3) is 0 Å². The van der Waals surface area contributed by atoms with Gasteiger partial charge >= 0.3 is 0 Å². The molecule has 1 aromatic carbocycles. The van der Waals surface area contributed by atoms with Gasteiger partial charge in [-0.25, -0.2) is 9.38 Å². The minimum Gasteiger partial charge on any atom is -0.474 e. The van der Waals surface area contributed by atoms with E-state index in [0.29, 0.717) is 10.8 Å². The molecule has 0 bridgehead atoms. The molecule has 2 heterocycles. The van der Waals surface area contributed by atoms with Crippen molar-refractivity contribution in [3.05, 3.63) is 33.6 Å². The van der Waals surface area contributed by atoms with Gasteiger partial charge in [-0.3, -0.25) is 0 Å². The van der Waals surface area contributed by atoms with Crippen LogP contribution < -0.4 is 9.54 Å². The summed E-state index contributed by atoms with van der Waals surface area (Å²) in [5.41, 5.74) is 0.118. The van der Waals surface area contributed by atoms with Crippen molar-refractivity contribution in [1.29, 1.82) is 5.26 Å². The Morgan fingerprint density at radius 1 is 1.61 bits per heavy atom. The Labute approximate surface area is 141 Å². The normalized spacial score (nSPS) is 18.6. The molecule has 8 heteroatoms. The van der Waals surface area contributed by atoms with Crippen molar-refractivity contribution in [2.75, 3.05) is 0 Å². The molecule has 2 atom stereocenters. The van der Waals surface area contributed by atoms with Crippen LogP contribution in [0.15, 0.2) is 17.1 Å². The highest BCUT2D eigenvalue weighted by Gasteiger charge is 2.21. The minimum atomic E-state index is -0.687. The van der Waals surface area contributed by atoms with E-state index in [-0.39, 0.29) is 16.5 Å². The Morgan fingerprint density at radius 2 is 2.39 bits per heavy atom. The van der Waals surface area contributed by atoms with E-state index in [1.54, 1.807) is 6.92 Å². The fourth-order valence-electron chi connectivity index (χ4n) is 2.46. The number of aryl methyl sites for hydroxylation is 1. The van der Waals surface area contributed by atoms with Crippen LogP contribution in [0.2, 0.25) is 5.02 Å². The summed E-state index contributed by atoms with van der Waals surface area (Å²) < 4.78 is 25.9. The van der Waals surface area contributed by atoms with Crippen LogP contribution in [0.3, 0.4) is 0 Å². The molecule has 120 valence electrons. The van der Waals surface area contributed by atoms with Gasteiger partial charge in [-0.15, -0.1) is 0 Å². The number of benzene rings is 1. The molecule has 1 aromatic heterocycles. The van der Waals surface area contributed by atoms with Crippen molar-refractivity contribution in [2.24, 2.45) is 4.99 Å². The summed E-state index contributed by atoms with van der Waals surface area (Å²) >= 11 is 7.21. The Morgan fingerprint density at radius 3 is 3.13 bits per heavy atom. The predicted molar refractivity (Wildman–Crippen MR) is 85.5 cm³/mol. The third-order valence-corrected chi connectivity index (χ3v) is 4.69. The average Bonchev–Trinajstić information content (AvgIpc) is 3.08. The van der Waals surface area contributed by atoms with Gasteiger partial charge in [0.2, 0.25) is 4.80 Å². The first kappa shape index (κ1) is 16.0. The smallest absolute Gasteiger partial charge is 0.209 e. The van der Waals surface area contributed by atoms with Crippen LogP contribution in [-0.4, -0.2) is 15.0 Å². The second-order valence-electron chi connectivity index (χ2n) is 5.37. The summed E-state index contributed by atoms with van der Waals surface area (Å²) in [5, 5.41) is 8.94. The van der Waals surface area contributed by atoms with Gasteiger partial charge in [0.05, 0.1) is 5.02 Å². The summed E-state index contributed by atoms with van der Waals surface area (Å²) in [5.74, 6) is 0.672. The number of nitriles is 1. The van der Waals surface area contributed by atoms with Crippen molar-refractivity contribution < 1.29 is 9.13 Å². The quantitative estimate of drug-likeness (QED) is 0.844. The van der Waals surface area contributed by atoms with Gasteiger partial charge in [-0.05, 0) is 26.3 Å². The Balaban J connectivity index is 2.06. The molecule has 0 saturated carbocycles. The maximum absolute atomic E-state index is 14.2. The monoisotopic (exact) mass is 352 g/mol. The number of halogens is 2. The van der Waals surface area contributed by atoms with Crippen LogP contribution >= 0.6 is 23.1 Å². The van der Waals surface area contributed by atoms with Crippen molar-refractivity contribution >= 4 is 28.8 Å². The lowest BCUT2D eigenvalue weighted by atomic mass is 10.2. The first-order valence-corrected chi connectivity index (χ1v) is 8.32. The van der Waals surface area contributed by atoms with E-state index in [1.165, 1.54) is 17.6 Å². The summed E-state index contributed by atoms with van der Waals surface area (Å²) in [6.07, 6.45) is 1.23. The Hall–Kier alpha value is -1.91. The molecule has 1 aliphatic rings. The van der Waals surface area contributed by atoms with E-state index in [2.05, 4.69) is 16.3 Å². The third-order valence-electron chi connectivity index (χ3n) is 3.65. The first-order chi connectivity index (χ1) is 11.0. The maximum atomic E-state index is 14.2. The molecule has 5 nitrogen and oxygen atoms in total. The third kappa shape index (κ3) is 3.09. The Kier molecular flexibility index (Phi) is 4.37. The van der Waals surface area contributed by atoms with Gasteiger partial charge in [-0.1, -0.05) is 11.6 Å². The highest BCUT2D eigenvalue weighted by molar-refractivity contribution is 7.02. The zero-order chi connectivity index (χ0) is 16.6. The average molecular weight is 353 g/mol. The van der Waals surface area contributed by atoms with Crippen molar-refractivity contribution in [3.63, 3.8) is 0 Å². The molecule has 23 heavy (non-hydrogen) atoms. The number of fused-ring (bicyclic) bond motifs is 1. The molecular formula is C15H14ClFN4OS. The van der Waals surface area contributed by atoms with E-state index in [4.69, 9.17) is 21.6 Å². The van der Waals surface area contributed by atoms with Gasteiger partial charge in [-0.2, -0.15) is 9.64 Å². The zero-order valence-electron chi connectivity index (χ0n) is 12.6. The van der Waals surface area contributed by atoms with E-state index in [1.807, 2.05) is 10.6 Å². The SMILES string of the molecule is CC(C#N)Oc1cc(/N=c2\snc3n2C(C)CC3)c(F)cc1Cl. The molecule has 3 rings (SSSR count). The summed E-state index contributed by atoms with van der Waals surface area (Å²) in [4.78, 5) is 5.02. The fourth-order valence-corrected chi connectivity index (χ4v) is 3.53. The topological polar surface area (TPSA) is 63.2 Å². The van der Waals surface area contributed by atoms with Crippen LogP contribution in [0.5, 0.6) is 5.75 Å². The standard InChI is InChI=1S/C15H14ClFN4OS/c1-8-3-4-14-20-23-15(21(8)14)19-12-6-13(22-9(2)7-18)10(16)5-11(12)17/h5-6,8-9H,3-4H2,1-2H3/b19-15-. The molecular weight excluding hydrogens is 339 g/mol. The number of hydrogen-bond acceptors (Lipinski definition) is 5. The summed E-state index contributed by atoms with van der Waals surface area (Å²) in [6.45, 7) is 3.68. The fraction of sp³-hybridized carbons (Fsp3) is 0.400. The van der Waals surface area contributed by atoms with E-state index in [9.17, 15) is 4.39 Å². The molecule has 2 aromatic rings. The molecule has 0 fully saturated rings. The number of hydrogen-bond donors (Lipinski definition) is 0. The molecule has 2 unspecified atom stereocenters. The summed E-state index contributed by atoms with van der Waals surface area (Å²) in [7, 11) is 0. The minimum absolute atomic E-state index is 0.110. The van der Waals surface area contributed by atoms with E-state index >= 15 is 0 Å². The maximum Gasteiger partial charge on any atom is 0.209 e. The highest BCUT2D eigenvalue weighted by atomic mass is 35.5. The van der Waals surface area contributed by atoms with Crippen LogP contribution in [0.1, 0.15) is 32.1 Å². The number of nitrogens with zero attached hydrogens (tertiary/aromatic N) is 4. The van der Waals surface area contributed by atoms with Crippen molar-refractivity contribution in [1.82, 2.24) is 8.94 Å². The molecule has 1 aliphatic heterocycles. The molecule has 0 radical (unpaired) electrons. The lowest BCUT2D eigenvalue weighted by molar-refractivity contribution is 0.276. The zero-order valence-corrected chi connectivity index (χ0v) is 14.2. The molecule has 0 aliphatic carbocycles. The van der Waals surface area contributed by atoms with Crippen LogP contribution in [0, 0.1) is 17.1 Å². The molecule has 0 spiro atoms. The first-order valence-electron chi connectivity index (χ1n) is 7.16. The Bertz CT molecular complexity index is 854. The van der Waals surface area contributed by atoms with Gasteiger partial charge in [0.1, 0.15) is 23.3 Å². The highest BCUT2D eigenvalue weighted by Crippen LogP contribution is 2.33. The van der Waals surface area contributed by atoms with Crippen LogP contribution in [0.25, 0.3) is 0 Å². The largest absolute Gasteiger partial charge is 0.474 e. The van der Waals surface area contributed by atoms with Gasteiger partial charge < -0.3 is 9.30 Å². The molecule has 0 saturated heterocycles. The van der Waals surface area contributed by atoms with Gasteiger partial charge in [0.15, 0.2) is 11.9 Å². The molecule has 0 amide bonds. The number of ether oxygens (including phenoxy) is 1. The lowest BCUT2D eigenvalue weighted by Gasteiger charge is -2.10. The summed E-state index contributed by atoms with van der Waals surface area (Å²) in [6, 6.07) is 4.80. The molecule has 0 N–H and O–H groups in total. The number of rotatable bonds is 3. The second-order valence-corrected chi connectivity index (χ2v) is 6.51. The van der Waals surface area contributed by atoms with Crippen molar-refractivity contribution in [2.45, 2.75) is 38.8 Å². The van der Waals surface area contributed by atoms with Crippen LogP contribution in [-0.2, 0) is 6.42 Å². The van der Waals surface area contributed by atoms with E-state index < -0.39 is 11.9 Å². The van der Waals surface area contributed by atoms with E-state index in [0.717, 1.165) is 24.7 Å². The lowest BCUT2D eigenvalue weighted by Crippen LogP contribution is -2.15. The van der Waals surface area contributed by atoms with Crippen LogP contribution in [0.4, 0.5) is 10.1 Å². The second kappa shape index (κ2) is 6.30. The number of aromatic nitrogens is 2. The predicted octanol–water partition coefficient (Wildman–Crippen LogP) is 3.77. The van der Waals surface area contributed by atoms with Gasteiger partial charge in [0, 0.05) is 30.1 Å². The van der Waals surface area contributed by atoms with Crippen molar-refractivity contribution in [3.8, 4) is 11.8 Å².